The molecule has 0 bridgehead atoms. The first-order valence-corrected chi connectivity index (χ1v) is 4.19. The third-order valence-corrected chi connectivity index (χ3v) is 1.99. The highest BCUT2D eigenvalue weighted by Crippen LogP contribution is 2.35. The molecule has 2 unspecified atom stereocenters. The van der Waals surface area contributed by atoms with Crippen LogP contribution >= 0.6 is 0 Å². The Morgan fingerprint density at radius 3 is 2.25 bits per heavy atom. The Hall–Kier alpha value is -0.220. The molecule has 0 radical (unpaired) electrons. The van der Waals surface area contributed by atoms with Crippen LogP contribution in [0.25, 0.3) is 0 Å². The minimum absolute atomic E-state index is 0.0586. The smallest absolute Gasteiger partial charge is 0.290 e. The molecule has 1 rings (SSSR count). The Kier molecular flexibility index (Phi) is 2.68. The van der Waals surface area contributed by atoms with E-state index in [1.807, 2.05) is 20.8 Å². The SMILES string of the molecule is CCC1OC(F)(F)OC1C(C)C. The number of rotatable bonds is 2. The van der Waals surface area contributed by atoms with Gasteiger partial charge in [-0.05, 0) is 12.3 Å². The van der Waals surface area contributed by atoms with Crippen LogP contribution in [0.1, 0.15) is 27.2 Å². The lowest BCUT2D eigenvalue weighted by Gasteiger charge is -2.17. The highest BCUT2D eigenvalue weighted by Gasteiger charge is 2.49. The molecule has 2 atom stereocenters. The molecule has 0 saturated carbocycles. The van der Waals surface area contributed by atoms with Crippen molar-refractivity contribution in [2.75, 3.05) is 0 Å². The molecule has 0 aliphatic carbocycles. The lowest BCUT2D eigenvalue weighted by atomic mass is 10.0. The van der Waals surface area contributed by atoms with Gasteiger partial charge in [-0.15, -0.1) is 8.78 Å². The summed E-state index contributed by atoms with van der Waals surface area (Å²) in [5.74, 6) is 0.0586. The molecule has 12 heavy (non-hydrogen) atoms. The summed E-state index contributed by atoms with van der Waals surface area (Å²) < 4.78 is 34.0. The van der Waals surface area contributed by atoms with Gasteiger partial charge < -0.3 is 0 Å². The molecule has 1 aliphatic rings. The molecule has 0 N–H and O–H groups in total. The molecule has 0 aromatic heterocycles. The van der Waals surface area contributed by atoms with Crippen molar-refractivity contribution in [3.05, 3.63) is 0 Å². The molecular weight excluding hydrogens is 166 g/mol. The molecule has 72 valence electrons. The van der Waals surface area contributed by atoms with Crippen LogP contribution < -0.4 is 0 Å². The zero-order valence-electron chi connectivity index (χ0n) is 7.51. The Bertz CT molecular complexity index is 159. The van der Waals surface area contributed by atoms with Crippen LogP contribution in [-0.4, -0.2) is 18.5 Å². The van der Waals surface area contributed by atoms with E-state index in [0.717, 1.165) is 0 Å². The zero-order valence-corrected chi connectivity index (χ0v) is 7.51. The molecule has 1 saturated heterocycles. The number of alkyl halides is 2. The fourth-order valence-corrected chi connectivity index (χ4v) is 1.39. The van der Waals surface area contributed by atoms with E-state index in [1.54, 1.807) is 0 Å². The Morgan fingerprint density at radius 1 is 1.33 bits per heavy atom. The van der Waals surface area contributed by atoms with Gasteiger partial charge in [0.1, 0.15) is 0 Å². The Labute approximate surface area is 70.8 Å². The van der Waals surface area contributed by atoms with Crippen molar-refractivity contribution in [1.29, 1.82) is 0 Å². The summed E-state index contributed by atoms with van der Waals surface area (Å²) in [5, 5.41) is 0. The van der Waals surface area contributed by atoms with Crippen molar-refractivity contribution in [3.8, 4) is 0 Å². The minimum atomic E-state index is -3.38. The highest BCUT2D eigenvalue weighted by molar-refractivity contribution is 4.78. The van der Waals surface area contributed by atoms with Crippen LogP contribution in [0, 0.1) is 5.92 Å². The van der Waals surface area contributed by atoms with Gasteiger partial charge in [0, 0.05) is 0 Å². The second-order valence-electron chi connectivity index (χ2n) is 3.35. The second-order valence-corrected chi connectivity index (χ2v) is 3.35. The lowest BCUT2D eigenvalue weighted by molar-refractivity contribution is -0.352. The lowest BCUT2D eigenvalue weighted by Crippen LogP contribution is -2.27. The maximum absolute atomic E-state index is 12.5. The molecule has 2 nitrogen and oxygen atoms in total. The third kappa shape index (κ3) is 1.93. The monoisotopic (exact) mass is 180 g/mol. The van der Waals surface area contributed by atoms with Gasteiger partial charge in [0.05, 0.1) is 12.2 Å². The Morgan fingerprint density at radius 2 is 1.92 bits per heavy atom. The van der Waals surface area contributed by atoms with Gasteiger partial charge >= 0.3 is 6.29 Å². The first-order valence-electron chi connectivity index (χ1n) is 4.19. The molecule has 0 aromatic carbocycles. The highest BCUT2D eigenvalue weighted by atomic mass is 19.3. The maximum atomic E-state index is 12.5. The summed E-state index contributed by atoms with van der Waals surface area (Å²) in [6.45, 7) is 5.50. The quantitative estimate of drug-likeness (QED) is 0.649. The largest absolute Gasteiger partial charge is 0.486 e. The summed E-state index contributed by atoms with van der Waals surface area (Å²) in [6.07, 6.45) is -3.78. The topological polar surface area (TPSA) is 18.5 Å². The van der Waals surface area contributed by atoms with E-state index < -0.39 is 18.5 Å². The average Bonchev–Trinajstić information content (AvgIpc) is 2.25. The van der Waals surface area contributed by atoms with Gasteiger partial charge in [0.15, 0.2) is 0 Å². The van der Waals surface area contributed by atoms with Crippen molar-refractivity contribution in [2.24, 2.45) is 5.92 Å². The standard InChI is InChI=1S/C8H14F2O2/c1-4-6-7(5(2)3)12-8(9,10)11-6/h5-7H,4H2,1-3H3. The molecular formula is C8H14F2O2. The van der Waals surface area contributed by atoms with Gasteiger partial charge in [0.2, 0.25) is 0 Å². The van der Waals surface area contributed by atoms with Gasteiger partial charge in [-0.3, -0.25) is 9.47 Å². The summed E-state index contributed by atoms with van der Waals surface area (Å²) in [5.41, 5.74) is 0. The van der Waals surface area contributed by atoms with Gasteiger partial charge in [-0.2, -0.15) is 0 Å². The van der Waals surface area contributed by atoms with Crippen molar-refractivity contribution in [3.63, 3.8) is 0 Å². The van der Waals surface area contributed by atoms with Crippen LogP contribution in [-0.2, 0) is 9.47 Å². The first kappa shape index (κ1) is 9.86. The molecule has 4 heteroatoms. The van der Waals surface area contributed by atoms with Crippen molar-refractivity contribution < 1.29 is 18.3 Å². The minimum Gasteiger partial charge on any atom is -0.290 e. The van der Waals surface area contributed by atoms with Crippen LogP contribution in [0.2, 0.25) is 0 Å². The van der Waals surface area contributed by atoms with E-state index in [9.17, 15) is 8.78 Å². The van der Waals surface area contributed by atoms with E-state index in [0.29, 0.717) is 6.42 Å². The number of ether oxygens (including phenoxy) is 2. The molecule has 0 amide bonds. The van der Waals surface area contributed by atoms with Crippen LogP contribution in [0.4, 0.5) is 8.78 Å². The van der Waals surface area contributed by atoms with Crippen molar-refractivity contribution in [1.82, 2.24) is 0 Å². The first-order chi connectivity index (χ1) is 5.46. The van der Waals surface area contributed by atoms with Crippen molar-refractivity contribution >= 4 is 0 Å². The molecule has 1 heterocycles. The van der Waals surface area contributed by atoms with Crippen LogP contribution in [0.5, 0.6) is 0 Å². The van der Waals surface area contributed by atoms with Gasteiger partial charge in [-0.25, -0.2) is 0 Å². The second kappa shape index (κ2) is 3.26. The third-order valence-electron chi connectivity index (χ3n) is 1.99. The van der Waals surface area contributed by atoms with Crippen LogP contribution in [0.15, 0.2) is 0 Å². The van der Waals surface area contributed by atoms with Gasteiger partial charge in [-0.1, -0.05) is 20.8 Å². The van der Waals surface area contributed by atoms with Crippen LogP contribution in [0.3, 0.4) is 0 Å². The van der Waals surface area contributed by atoms with E-state index >= 15 is 0 Å². The molecule has 0 spiro atoms. The molecule has 1 aliphatic heterocycles. The molecule has 0 aromatic rings. The van der Waals surface area contributed by atoms with E-state index in [4.69, 9.17) is 0 Å². The average molecular weight is 180 g/mol. The zero-order chi connectivity index (χ0) is 9.35. The predicted octanol–water partition coefficient (Wildman–Crippen LogP) is 2.39. The fourth-order valence-electron chi connectivity index (χ4n) is 1.39. The molecule has 1 fully saturated rings. The summed E-state index contributed by atoms with van der Waals surface area (Å²) in [4.78, 5) is 0. The maximum Gasteiger partial charge on any atom is 0.486 e. The summed E-state index contributed by atoms with van der Waals surface area (Å²) in [7, 11) is 0. The number of hydrogen-bond acceptors (Lipinski definition) is 2. The van der Waals surface area contributed by atoms with E-state index in [2.05, 4.69) is 9.47 Å². The number of halogens is 2. The summed E-state index contributed by atoms with van der Waals surface area (Å²) in [6, 6.07) is 0. The van der Waals surface area contributed by atoms with Gasteiger partial charge in [0.25, 0.3) is 0 Å². The van der Waals surface area contributed by atoms with Crippen molar-refractivity contribution in [2.45, 2.75) is 45.7 Å². The predicted molar refractivity (Wildman–Crippen MR) is 39.8 cm³/mol. The fraction of sp³-hybridized carbons (Fsp3) is 1.00. The van der Waals surface area contributed by atoms with E-state index in [1.165, 1.54) is 0 Å². The Balaban J connectivity index is 2.63. The summed E-state index contributed by atoms with van der Waals surface area (Å²) >= 11 is 0. The number of hydrogen-bond donors (Lipinski definition) is 0. The normalized spacial score (nSPS) is 34.5. The van der Waals surface area contributed by atoms with E-state index in [-0.39, 0.29) is 5.92 Å².